The Kier molecular flexibility index (Phi) is 3.99. The van der Waals surface area contributed by atoms with Gasteiger partial charge in [0.15, 0.2) is 0 Å². The summed E-state index contributed by atoms with van der Waals surface area (Å²) in [5.41, 5.74) is 3.24. The van der Waals surface area contributed by atoms with Crippen LogP contribution in [0.2, 0.25) is 0 Å². The van der Waals surface area contributed by atoms with Gasteiger partial charge >= 0.3 is 0 Å². The van der Waals surface area contributed by atoms with Crippen LogP contribution in [0.5, 0.6) is 0 Å². The fourth-order valence-electron chi connectivity index (χ4n) is 1.98. The van der Waals surface area contributed by atoms with Gasteiger partial charge in [-0.3, -0.25) is 4.68 Å². The molecule has 0 aromatic carbocycles. The summed E-state index contributed by atoms with van der Waals surface area (Å²) in [7, 11) is 1.93. The molecule has 2 rings (SSSR count). The number of hydrogen-bond acceptors (Lipinski definition) is 5. The molecule has 0 saturated heterocycles. The highest BCUT2D eigenvalue weighted by molar-refractivity contribution is 5.56. The monoisotopic (exact) mass is 260 g/mol. The van der Waals surface area contributed by atoms with Crippen LogP contribution in [0.1, 0.15) is 23.7 Å². The molecule has 0 radical (unpaired) electrons. The lowest BCUT2D eigenvalue weighted by molar-refractivity contribution is 0.756. The van der Waals surface area contributed by atoms with Gasteiger partial charge < -0.3 is 10.6 Å². The third-order valence-electron chi connectivity index (χ3n) is 2.99. The summed E-state index contributed by atoms with van der Waals surface area (Å²) in [6.07, 6.45) is 3.59. The average molecular weight is 260 g/mol. The highest BCUT2D eigenvalue weighted by Gasteiger charge is 2.07. The quantitative estimate of drug-likeness (QED) is 0.859. The molecule has 0 aliphatic carbocycles. The van der Waals surface area contributed by atoms with Gasteiger partial charge in [0, 0.05) is 37.5 Å². The van der Waals surface area contributed by atoms with Gasteiger partial charge in [0.1, 0.15) is 18.0 Å². The first kappa shape index (κ1) is 13.3. The van der Waals surface area contributed by atoms with Crippen LogP contribution in [-0.4, -0.2) is 26.3 Å². The Hall–Kier alpha value is -2.11. The van der Waals surface area contributed by atoms with Crippen molar-refractivity contribution in [3.05, 3.63) is 29.3 Å². The van der Waals surface area contributed by atoms with Gasteiger partial charge in [-0.2, -0.15) is 5.10 Å². The van der Waals surface area contributed by atoms with E-state index in [0.29, 0.717) is 6.54 Å². The number of hydrogen-bond donors (Lipinski definition) is 2. The fourth-order valence-corrected chi connectivity index (χ4v) is 1.98. The maximum atomic E-state index is 4.32. The highest BCUT2D eigenvalue weighted by atomic mass is 15.3. The zero-order valence-corrected chi connectivity index (χ0v) is 11.9. The Labute approximate surface area is 113 Å². The Bertz CT molecular complexity index is 560. The van der Waals surface area contributed by atoms with Crippen LogP contribution >= 0.6 is 0 Å². The van der Waals surface area contributed by atoms with E-state index < -0.39 is 0 Å². The Morgan fingerprint density at radius 1 is 1.16 bits per heavy atom. The molecule has 0 spiro atoms. The van der Waals surface area contributed by atoms with Gasteiger partial charge in [-0.25, -0.2) is 9.97 Å². The Balaban J connectivity index is 2.11. The first-order valence-corrected chi connectivity index (χ1v) is 6.40. The summed E-state index contributed by atoms with van der Waals surface area (Å²) in [5, 5.41) is 10.9. The van der Waals surface area contributed by atoms with Gasteiger partial charge in [0.25, 0.3) is 0 Å². The predicted molar refractivity (Wildman–Crippen MR) is 76.2 cm³/mol. The first-order chi connectivity index (χ1) is 9.11. The molecular weight excluding hydrogens is 240 g/mol. The lowest BCUT2D eigenvalue weighted by atomic mass is 10.2. The van der Waals surface area contributed by atoms with Crippen molar-refractivity contribution < 1.29 is 0 Å². The molecule has 6 heteroatoms. The predicted octanol–water partition coefficient (Wildman–Crippen LogP) is 1.87. The Morgan fingerprint density at radius 3 is 2.42 bits per heavy atom. The standard InChI is InChI=1S/C13H20N6/c1-5-14-12-9(2)13(17-8-16-12)15-6-11-7-19(4)18-10(11)3/h7-8H,5-6H2,1-4H3,(H2,14,15,16,17). The first-order valence-electron chi connectivity index (χ1n) is 6.40. The minimum absolute atomic E-state index is 0.711. The minimum atomic E-state index is 0.711. The SMILES string of the molecule is CCNc1ncnc(NCc2cn(C)nc2C)c1C. The van der Waals surface area contributed by atoms with Crippen LogP contribution in [-0.2, 0) is 13.6 Å². The molecule has 0 amide bonds. The van der Waals surface area contributed by atoms with Crippen molar-refractivity contribution in [3.63, 3.8) is 0 Å². The summed E-state index contributed by atoms with van der Waals surface area (Å²) in [5.74, 6) is 1.73. The van der Waals surface area contributed by atoms with Gasteiger partial charge in [0.2, 0.25) is 0 Å². The number of anilines is 2. The van der Waals surface area contributed by atoms with E-state index in [9.17, 15) is 0 Å². The molecule has 0 bridgehead atoms. The number of aromatic nitrogens is 4. The van der Waals surface area contributed by atoms with Crippen molar-refractivity contribution in [2.24, 2.45) is 7.05 Å². The maximum Gasteiger partial charge on any atom is 0.134 e. The van der Waals surface area contributed by atoms with E-state index in [0.717, 1.165) is 29.4 Å². The van der Waals surface area contributed by atoms with Crippen molar-refractivity contribution in [1.29, 1.82) is 0 Å². The molecule has 0 unspecified atom stereocenters. The number of aryl methyl sites for hydroxylation is 2. The lowest BCUT2D eigenvalue weighted by Crippen LogP contribution is -2.08. The molecule has 0 saturated carbocycles. The molecule has 0 aliphatic rings. The maximum absolute atomic E-state index is 4.32. The zero-order valence-electron chi connectivity index (χ0n) is 11.9. The Morgan fingerprint density at radius 2 is 1.84 bits per heavy atom. The smallest absolute Gasteiger partial charge is 0.134 e. The summed E-state index contributed by atoms with van der Waals surface area (Å²) >= 11 is 0. The molecule has 6 nitrogen and oxygen atoms in total. The normalized spacial score (nSPS) is 10.5. The fraction of sp³-hybridized carbons (Fsp3) is 0.462. The van der Waals surface area contributed by atoms with Crippen molar-refractivity contribution in [2.75, 3.05) is 17.2 Å². The second-order valence-corrected chi connectivity index (χ2v) is 4.49. The number of nitrogens with one attached hydrogen (secondary N) is 2. The van der Waals surface area contributed by atoms with Crippen molar-refractivity contribution in [2.45, 2.75) is 27.3 Å². The summed E-state index contributed by atoms with van der Waals surface area (Å²) in [4.78, 5) is 8.51. The molecule has 2 aromatic heterocycles. The second-order valence-electron chi connectivity index (χ2n) is 4.49. The molecule has 0 aliphatic heterocycles. The second kappa shape index (κ2) is 5.69. The summed E-state index contributed by atoms with van der Waals surface area (Å²) in [6.45, 7) is 7.63. The van der Waals surface area contributed by atoms with Crippen molar-refractivity contribution in [3.8, 4) is 0 Å². The third kappa shape index (κ3) is 3.01. The molecule has 0 atom stereocenters. The van der Waals surface area contributed by atoms with Crippen LogP contribution in [0.4, 0.5) is 11.6 Å². The molecular formula is C13H20N6. The summed E-state index contributed by atoms with van der Waals surface area (Å²) in [6, 6.07) is 0. The van der Waals surface area contributed by atoms with E-state index in [1.807, 2.05) is 38.7 Å². The van der Waals surface area contributed by atoms with Gasteiger partial charge in [-0.15, -0.1) is 0 Å². The van der Waals surface area contributed by atoms with Gasteiger partial charge in [-0.05, 0) is 20.8 Å². The van der Waals surface area contributed by atoms with E-state index in [2.05, 4.69) is 25.7 Å². The summed E-state index contributed by atoms with van der Waals surface area (Å²) < 4.78 is 1.82. The average Bonchev–Trinajstić information content (AvgIpc) is 2.69. The van der Waals surface area contributed by atoms with Crippen molar-refractivity contribution in [1.82, 2.24) is 19.7 Å². The van der Waals surface area contributed by atoms with Crippen LogP contribution in [0.15, 0.2) is 12.5 Å². The van der Waals surface area contributed by atoms with Crippen LogP contribution in [0.3, 0.4) is 0 Å². The number of rotatable bonds is 5. The van der Waals surface area contributed by atoms with E-state index in [-0.39, 0.29) is 0 Å². The van der Waals surface area contributed by atoms with Crippen molar-refractivity contribution >= 4 is 11.6 Å². The molecule has 19 heavy (non-hydrogen) atoms. The van der Waals surface area contributed by atoms with Crippen LogP contribution in [0.25, 0.3) is 0 Å². The van der Waals surface area contributed by atoms with E-state index in [1.165, 1.54) is 5.56 Å². The zero-order chi connectivity index (χ0) is 13.8. The van der Waals surface area contributed by atoms with E-state index in [1.54, 1.807) is 6.33 Å². The number of nitrogens with zero attached hydrogens (tertiary/aromatic N) is 4. The van der Waals surface area contributed by atoms with Crippen LogP contribution < -0.4 is 10.6 Å². The highest BCUT2D eigenvalue weighted by Crippen LogP contribution is 2.19. The molecule has 2 N–H and O–H groups in total. The van der Waals surface area contributed by atoms with E-state index >= 15 is 0 Å². The minimum Gasteiger partial charge on any atom is -0.370 e. The third-order valence-corrected chi connectivity index (χ3v) is 2.99. The van der Waals surface area contributed by atoms with Gasteiger partial charge in [-0.1, -0.05) is 0 Å². The lowest BCUT2D eigenvalue weighted by Gasteiger charge is -2.11. The molecule has 2 aromatic rings. The molecule has 102 valence electrons. The topological polar surface area (TPSA) is 67.7 Å². The largest absolute Gasteiger partial charge is 0.370 e. The van der Waals surface area contributed by atoms with Gasteiger partial charge in [0.05, 0.1) is 5.69 Å². The molecule has 2 heterocycles. The van der Waals surface area contributed by atoms with Crippen LogP contribution in [0, 0.1) is 13.8 Å². The van der Waals surface area contributed by atoms with E-state index in [4.69, 9.17) is 0 Å². The molecule has 0 fully saturated rings.